The summed E-state index contributed by atoms with van der Waals surface area (Å²) in [6.07, 6.45) is 3.00. The Morgan fingerprint density at radius 1 is 0.780 bits per heavy atom. The number of carbonyl (C=O) groups excluding carboxylic acids is 5. The lowest BCUT2D eigenvalue weighted by Gasteiger charge is -2.27. The van der Waals surface area contributed by atoms with Crippen molar-refractivity contribution in [1.29, 1.82) is 0 Å². The molecule has 0 saturated carbocycles. The van der Waals surface area contributed by atoms with Crippen LogP contribution < -0.4 is 38.5 Å². The number of unbranched alkanes of at least 4 members (excludes halogenated alkanes) is 1. The second-order valence-corrected chi connectivity index (χ2v) is 11.7. The molecule has 0 aromatic heterocycles. The molecule has 0 rings (SSSR count). The molecule has 0 radical (unpaired) electrons. The Morgan fingerprint density at radius 2 is 1.34 bits per heavy atom. The third kappa shape index (κ3) is 15.6. The number of nitrogens with two attached hydrogens (primary N) is 3. The molecule has 0 heterocycles. The van der Waals surface area contributed by atoms with Crippen LogP contribution >= 0.6 is 11.8 Å². The Kier molecular flexibility index (Phi) is 18.6. The van der Waals surface area contributed by atoms with Gasteiger partial charge in [0.15, 0.2) is 0 Å². The van der Waals surface area contributed by atoms with Crippen LogP contribution in [-0.2, 0) is 28.8 Å². The fraction of sp³-hybridized carbons (Fsp3) is 0.769. The minimum Gasteiger partial charge on any atom is -0.480 e. The number of hydrogen-bond acceptors (Lipinski definition) is 9. The van der Waals surface area contributed by atoms with Gasteiger partial charge in [-0.3, -0.25) is 24.0 Å². The topological polar surface area (TPSA) is 249 Å². The molecule has 15 heteroatoms. The molecule has 0 fully saturated rings. The fourth-order valence-electron chi connectivity index (χ4n) is 3.84. The van der Waals surface area contributed by atoms with E-state index in [1.54, 1.807) is 27.7 Å². The second-order valence-electron chi connectivity index (χ2n) is 10.7. The van der Waals surface area contributed by atoms with Crippen molar-refractivity contribution in [2.75, 3.05) is 18.6 Å². The standard InChI is InChI=1S/C26H49N7O7S/c1-14(2)12-19(26(39)40)32-24(37)18(13-20(29)34)31-23(36)17(8-6-7-10-27)30-25(38)21(15(3)4)33-22(35)16(28)9-11-41-5/h14-19,21H,6-13,27-28H2,1-5H3,(H2,29,34)(H,30,38)(H,31,36)(H,32,37)(H,33,35)(H,39,40)/t16-,17-,18-,19-,21-/m0/s1. The monoisotopic (exact) mass is 603 g/mol. The third-order valence-electron chi connectivity index (χ3n) is 6.16. The number of nitrogens with one attached hydrogen (secondary N) is 4. The Labute approximate surface area is 246 Å². The van der Waals surface area contributed by atoms with Crippen molar-refractivity contribution in [3.05, 3.63) is 0 Å². The fourth-order valence-corrected chi connectivity index (χ4v) is 4.33. The highest BCUT2D eigenvalue weighted by atomic mass is 32.2. The van der Waals surface area contributed by atoms with Crippen molar-refractivity contribution >= 4 is 47.3 Å². The van der Waals surface area contributed by atoms with Crippen LogP contribution in [0.25, 0.3) is 0 Å². The van der Waals surface area contributed by atoms with Crippen molar-refractivity contribution in [1.82, 2.24) is 21.3 Å². The van der Waals surface area contributed by atoms with Gasteiger partial charge in [-0.25, -0.2) is 4.79 Å². The minimum atomic E-state index is -1.47. The molecule has 236 valence electrons. The summed E-state index contributed by atoms with van der Waals surface area (Å²) in [5.74, 6) is -4.70. The number of aliphatic carboxylic acids is 1. The normalized spacial score (nSPS) is 14.9. The summed E-state index contributed by atoms with van der Waals surface area (Å²) >= 11 is 1.54. The number of amides is 5. The molecule has 5 atom stereocenters. The molecular weight excluding hydrogens is 554 g/mol. The summed E-state index contributed by atoms with van der Waals surface area (Å²) in [6, 6.07) is -5.67. The van der Waals surface area contributed by atoms with Gasteiger partial charge in [-0.15, -0.1) is 0 Å². The van der Waals surface area contributed by atoms with Crippen LogP contribution in [0, 0.1) is 11.8 Å². The molecule has 0 aliphatic carbocycles. The number of rotatable bonds is 21. The van der Waals surface area contributed by atoms with E-state index < -0.39 is 72.1 Å². The highest BCUT2D eigenvalue weighted by Gasteiger charge is 2.33. The Hall–Kier alpha value is -2.91. The van der Waals surface area contributed by atoms with Gasteiger partial charge in [0, 0.05) is 0 Å². The van der Waals surface area contributed by atoms with E-state index in [0.29, 0.717) is 31.6 Å². The molecule has 0 aromatic carbocycles. The van der Waals surface area contributed by atoms with Crippen molar-refractivity contribution in [3.8, 4) is 0 Å². The molecule has 0 aliphatic rings. The molecule has 41 heavy (non-hydrogen) atoms. The maximum absolute atomic E-state index is 13.3. The predicted molar refractivity (Wildman–Crippen MR) is 157 cm³/mol. The molecule has 14 nitrogen and oxygen atoms in total. The number of carboxylic acids is 1. The smallest absolute Gasteiger partial charge is 0.326 e. The van der Waals surface area contributed by atoms with E-state index in [0.717, 1.165) is 0 Å². The third-order valence-corrected chi connectivity index (χ3v) is 6.80. The van der Waals surface area contributed by atoms with Gasteiger partial charge in [0.2, 0.25) is 29.5 Å². The molecule has 0 aliphatic heterocycles. The zero-order valence-corrected chi connectivity index (χ0v) is 25.6. The average Bonchev–Trinajstić information content (AvgIpc) is 2.87. The number of carboxylic acid groups (broad SMARTS) is 1. The van der Waals surface area contributed by atoms with Crippen molar-refractivity contribution in [2.24, 2.45) is 29.0 Å². The van der Waals surface area contributed by atoms with Crippen LogP contribution in [0.15, 0.2) is 0 Å². The van der Waals surface area contributed by atoms with E-state index in [2.05, 4.69) is 21.3 Å². The molecular formula is C26H49N7O7S. The van der Waals surface area contributed by atoms with Gasteiger partial charge in [0.25, 0.3) is 0 Å². The number of thioether (sulfide) groups is 1. The molecule has 11 N–H and O–H groups in total. The Morgan fingerprint density at radius 3 is 1.83 bits per heavy atom. The van der Waals surface area contributed by atoms with Crippen LogP contribution in [0.2, 0.25) is 0 Å². The van der Waals surface area contributed by atoms with Crippen molar-refractivity contribution in [2.45, 2.75) is 96.4 Å². The van der Waals surface area contributed by atoms with Gasteiger partial charge in [-0.2, -0.15) is 11.8 Å². The molecule has 0 spiro atoms. The largest absolute Gasteiger partial charge is 0.480 e. The lowest BCUT2D eigenvalue weighted by molar-refractivity contribution is -0.143. The van der Waals surface area contributed by atoms with E-state index in [9.17, 15) is 33.9 Å². The maximum atomic E-state index is 13.3. The zero-order chi connectivity index (χ0) is 31.7. The molecule has 0 unspecified atom stereocenters. The summed E-state index contributed by atoms with van der Waals surface area (Å²) < 4.78 is 0. The Bertz CT molecular complexity index is 888. The molecule has 0 aromatic rings. The van der Waals surface area contributed by atoms with Crippen LogP contribution in [-0.4, -0.2) is 89.4 Å². The lowest BCUT2D eigenvalue weighted by atomic mass is 10.0. The van der Waals surface area contributed by atoms with Gasteiger partial charge in [-0.1, -0.05) is 27.7 Å². The highest BCUT2D eigenvalue weighted by molar-refractivity contribution is 7.98. The summed E-state index contributed by atoms with van der Waals surface area (Å²) in [5.41, 5.74) is 16.8. The minimum absolute atomic E-state index is 0.0582. The average molecular weight is 604 g/mol. The summed E-state index contributed by atoms with van der Waals surface area (Å²) in [6.45, 7) is 7.36. The first-order valence-corrected chi connectivity index (χ1v) is 15.2. The van der Waals surface area contributed by atoms with Crippen LogP contribution in [0.1, 0.15) is 66.2 Å². The van der Waals surface area contributed by atoms with Crippen LogP contribution in [0.3, 0.4) is 0 Å². The number of primary amides is 1. The van der Waals surface area contributed by atoms with E-state index in [4.69, 9.17) is 17.2 Å². The second kappa shape index (κ2) is 20.0. The number of hydrogen-bond donors (Lipinski definition) is 8. The molecule has 0 saturated heterocycles. The Balaban J connectivity index is 5.81. The molecule has 5 amide bonds. The summed E-state index contributed by atoms with van der Waals surface area (Å²) in [4.78, 5) is 75.3. The summed E-state index contributed by atoms with van der Waals surface area (Å²) in [7, 11) is 0. The van der Waals surface area contributed by atoms with Gasteiger partial charge in [0.1, 0.15) is 24.2 Å². The van der Waals surface area contributed by atoms with E-state index in [1.807, 2.05) is 6.26 Å². The van der Waals surface area contributed by atoms with E-state index in [1.165, 1.54) is 11.8 Å². The van der Waals surface area contributed by atoms with Gasteiger partial charge >= 0.3 is 5.97 Å². The first kappa shape index (κ1) is 38.1. The van der Waals surface area contributed by atoms with Gasteiger partial charge in [-0.05, 0) is 62.5 Å². The molecule has 0 bridgehead atoms. The van der Waals surface area contributed by atoms with Crippen LogP contribution in [0.4, 0.5) is 0 Å². The zero-order valence-electron chi connectivity index (χ0n) is 24.7. The SMILES string of the molecule is CSCC[C@H](N)C(=O)N[C@H](C(=O)N[C@@H](CCCCN)C(=O)N[C@@H](CC(N)=O)C(=O)N[C@@H](CC(C)C)C(=O)O)C(C)C. The van der Waals surface area contributed by atoms with E-state index in [-0.39, 0.29) is 24.7 Å². The first-order valence-electron chi connectivity index (χ1n) is 13.8. The first-order chi connectivity index (χ1) is 19.1. The highest BCUT2D eigenvalue weighted by Crippen LogP contribution is 2.09. The maximum Gasteiger partial charge on any atom is 0.326 e. The lowest BCUT2D eigenvalue weighted by Crippen LogP contribution is -2.59. The van der Waals surface area contributed by atoms with Gasteiger partial charge in [0.05, 0.1) is 12.5 Å². The predicted octanol–water partition coefficient (Wildman–Crippen LogP) is -1.20. The quantitative estimate of drug-likeness (QED) is 0.0727. The van der Waals surface area contributed by atoms with E-state index >= 15 is 0 Å². The van der Waals surface area contributed by atoms with Crippen molar-refractivity contribution in [3.63, 3.8) is 0 Å². The van der Waals surface area contributed by atoms with Crippen molar-refractivity contribution < 1.29 is 33.9 Å². The van der Waals surface area contributed by atoms with Crippen LogP contribution in [0.5, 0.6) is 0 Å². The number of carbonyl (C=O) groups is 6. The summed E-state index contributed by atoms with van der Waals surface area (Å²) in [5, 5.41) is 19.5. The van der Waals surface area contributed by atoms with Gasteiger partial charge < -0.3 is 43.6 Å².